The lowest BCUT2D eigenvalue weighted by Gasteiger charge is -2.09. The van der Waals surface area contributed by atoms with Gasteiger partial charge in [-0.05, 0) is 17.7 Å². The van der Waals surface area contributed by atoms with Crippen molar-refractivity contribution in [2.24, 2.45) is 0 Å². The maximum atomic E-state index is 13.5. The van der Waals surface area contributed by atoms with Gasteiger partial charge in [0.05, 0.1) is 12.4 Å². The number of nitrogens with one attached hydrogen (secondary N) is 1. The molecule has 0 fully saturated rings. The molecule has 0 spiro atoms. The summed E-state index contributed by atoms with van der Waals surface area (Å²) >= 11 is 0. The van der Waals surface area contributed by atoms with E-state index in [0.717, 1.165) is 5.56 Å². The van der Waals surface area contributed by atoms with Gasteiger partial charge < -0.3 is 14.8 Å². The zero-order valence-corrected chi connectivity index (χ0v) is 13.2. The Kier molecular flexibility index (Phi) is 7.63. The Balaban J connectivity index is 2.52. The molecule has 0 aliphatic heterocycles. The van der Waals surface area contributed by atoms with Crippen molar-refractivity contribution in [2.75, 3.05) is 38.4 Å². The van der Waals surface area contributed by atoms with Crippen LogP contribution in [-0.2, 0) is 21.1 Å². The molecule has 120 valence electrons. The smallest absolute Gasteiger partial charge is 0.153 e. The largest absolute Gasteiger partial charge is 0.492 e. The van der Waals surface area contributed by atoms with Crippen molar-refractivity contribution in [3.63, 3.8) is 0 Å². The average Bonchev–Trinajstić information content (AvgIpc) is 2.43. The average molecular weight is 319 g/mol. The van der Waals surface area contributed by atoms with Crippen LogP contribution in [0.25, 0.3) is 0 Å². The van der Waals surface area contributed by atoms with Crippen LogP contribution in [0.3, 0.4) is 0 Å². The van der Waals surface area contributed by atoms with E-state index in [4.69, 9.17) is 9.47 Å². The highest BCUT2D eigenvalue weighted by molar-refractivity contribution is 7.91. The third kappa shape index (κ3) is 7.40. The number of hydrogen-bond donors (Lipinski definition) is 1. The molecule has 0 bridgehead atoms. The molecule has 5 nitrogen and oxygen atoms in total. The molecule has 1 aromatic carbocycles. The van der Waals surface area contributed by atoms with Crippen LogP contribution in [0.4, 0.5) is 4.39 Å². The van der Waals surface area contributed by atoms with Gasteiger partial charge in [0.1, 0.15) is 18.2 Å². The molecule has 0 aliphatic rings. The quantitative estimate of drug-likeness (QED) is 0.660. The van der Waals surface area contributed by atoms with Gasteiger partial charge in [-0.1, -0.05) is 6.92 Å². The third-order valence-corrected chi connectivity index (χ3v) is 4.51. The van der Waals surface area contributed by atoms with E-state index in [-0.39, 0.29) is 18.1 Å². The zero-order chi connectivity index (χ0) is 15.7. The molecule has 0 saturated heterocycles. The number of halogens is 1. The van der Waals surface area contributed by atoms with Gasteiger partial charge in [0.2, 0.25) is 0 Å². The molecule has 0 atom stereocenters. The normalized spacial score (nSPS) is 11.6. The number of sulfone groups is 1. The Morgan fingerprint density at radius 1 is 1.24 bits per heavy atom. The van der Waals surface area contributed by atoms with Crippen molar-refractivity contribution < 1.29 is 22.3 Å². The van der Waals surface area contributed by atoms with E-state index in [1.54, 1.807) is 20.1 Å². The van der Waals surface area contributed by atoms with Crippen molar-refractivity contribution in [1.29, 1.82) is 0 Å². The van der Waals surface area contributed by atoms with Gasteiger partial charge >= 0.3 is 0 Å². The number of benzene rings is 1. The van der Waals surface area contributed by atoms with E-state index < -0.39 is 15.7 Å². The van der Waals surface area contributed by atoms with Crippen molar-refractivity contribution >= 4 is 9.84 Å². The van der Waals surface area contributed by atoms with Gasteiger partial charge in [0.25, 0.3) is 0 Å². The Labute approximate surface area is 125 Å². The Bertz CT molecular complexity index is 534. The van der Waals surface area contributed by atoms with Gasteiger partial charge in [-0.15, -0.1) is 0 Å². The van der Waals surface area contributed by atoms with Crippen molar-refractivity contribution in [2.45, 2.75) is 13.5 Å². The second-order valence-corrected chi connectivity index (χ2v) is 7.02. The minimum atomic E-state index is -3.08. The second kappa shape index (κ2) is 8.96. The first-order valence-electron chi connectivity index (χ1n) is 6.79. The molecule has 21 heavy (non-hydrogen) atoms. The van der Waals surface area contributed by atoms with E-state index in [1.165, 1.54) is 12.1 Å². The van der Waals surface area contributed by atoms with Crippen LogP contribution >= 0.6 is 0 Å². The molecule has 0 amide bonds. The minimum Gasteiger partial charge on any atom is -0.492 e. The van der Waals surface area contributed by atoms with Crippen molar-refractivity contribution in [3.8, 4) is 5.75 Å². The molecule has 1 N–H and O–H groups in total. The summed E-state index contributed by atoms with van der Waals surface area (Å²) in [6.07, 6.45) is 0. The fraction of sp³-hybridized carbons (Fsp3) is 0.571. The summed E-state index contributed by atoms with van der Waals surface area (Å²) in [7, 11) is -1.46. The number of ether oxygens (including phenoxy) is 2. The van der Waals surface area contributed by atoms with Crippen LogP contribution in [-0.4, -0.2) is 46.8 Å². The predicted octanol–water partition coefficient (Wildman–Crippen LogP) is 1.38. The van der Waals surface area contributed by atoms with Crippen LogP contribution in [0.1, 0.15) is 12.5 Å². The summed E-state index contributed by atoms with van der Waals surface area (Å²) in [6, 6.07) is 4.36. The molecule has 0 aliphatic carbocycles. The van der Waals surface area contributed by atoms with Gasteiger partial charge in [0.15, 0.2) is 9.84 Å². The highest BCUT2D eigenvalue weighted by Crippen LogP contribution is 2.16. The molecule has 0 aromatic heterocycles. The lowest BCUT2D eigenvalue weighted by Crippen LogP contribution is -2.19. The van der Waals surface area contributed by atoms with Crippen LogP contribution in [0.5, 0.6) is 5.75 Å². The summed E-state index contributed by atoms with van der Waals surface area (Å²) in [5.74, 6) is -0.0606. The number of methoxy groups -OCH3 is 1. The Hall–Kier alpha value is -1.18. The Morgan fingerprint density at radius 3 is 2.67 bits per heavy atom. The molecule has 1 aromatic rings. The zero-order valence-electron chi connectivity index (χ0n) is 12.4. The topological polar surface area (TPSA) is 64.6 Å². The molecule has 1 rings (SSSR count). The van der Waals surface area contributed by atoms with Gasteiger partial charge in [0, 0.05) is 32.0 Å². The molecule has 0 radical (unpaired) electrons. The fourth-order valence-corrected chi connectivity index (χ4v) is 2.27. The van der Waals surface area contributed by atoms with Crippen molar-refractivity contribution in [1.82, 2.24) is 5.32 Å². The third-order valence-electron chi connectivity index (χ3n) is 2.85. The van der Waals surface area contributed by atoms with Crippen LogP contribution in [0.15, 0.2) is 18.2 Å². The van der Waals surface area contributed by atoms with E-state index in [1.807, 2.05) is 0 Å². The lowest BCUT2D eigenvalue weighted by molar-refractivity contribution is 0.199. The summed E-state index contributed by atoms with van der Waals surface area (Å²) < 4.78 is 46.4. The van der Waals surface area contributed by atoms with Crippen LogP contribution in [0.2, 0.25) is 0 Å². The molecule has 0 unspecified atom stereocenters. The van der Waals surface area contributed by atoms with Gasteiger partial charge in [-0.25, -0.2) is 12.8 Å². The second-order valence-electron chi connectivity index (χ2n) is 4.55. The minimum absolute atomic E-state index is 0.0240. The van der Waals surface area contributed by atoms with Crippen molar-refractivity contribution in [3.05, 3.63) is 29.6 Å². The van der Waals surface area contributed by atoms with E-state index in [9.17, 15) is 12.8 Å². The van der Waals surface area contributed by atoms with Gasteiger partial charge in [-0.2, -0.15) is 0 Å². The summed E-state index contributed by atoms with van der Waals surface area (Å²) in [4.78, 5) is 0. The molecule has 7 heteroatoms. The lowest BCUT2D eigenvalue weighted by atomic mass is 10.2. The van der Waals surface area contributed by atoms with E-state index in [0.29, 0.717) is 25.4 Å². The number of rotatable bonds is 10. The summed E-state index contributed by atoms with van der Waals surface area (Å²) in [6.45, 7) is 3.34. The highest BCUT2D eigenvalue weighted by Gasteiger charge is 2.08. The summed E-state index contributed by atoms with van der Waals surface area (Å²) in [5.41, 5.74) is 0.736. The van der Waals surface area contributed by atoms with Crippen LogP contribution < -0.4 is 10.1 Å². The monoisotopic (exact) mass is 319 g/mol. The van der Waals surface area contributed by atoms with E-state index in [2.05, 4.69) is 5.32 Å². The predicted molar refractivity (Wildman–Crippen MR) is 79.8 cm³/mol. The first-order valence-corrected chi connectivity index (χ1v) is 8.61. The maximum absolute atomic E-state index is 13.5. The number of hydrogen-bond acceptors (Lipinski definition) is 5. The summed E-state index contributed by atoms with van der Waals surface area (Å²) in [5, 5.41) is 3.10. The highest BCUT2D eigenvalue weighted by atomic mass is 32.2. The Morgan fingerprint density at radius 2 is 2.00 bits per heavy atom. The standard InChI is InChI=1S/C14H22FNO4S/c1-3-21(17,18)7-6-20-14-9-12(8-13(15)10-14)11-16-4-5-19-2/h8-10,16H,3-7,11H2,1-2H3. The van der Waals surface area contributed by atoms with E-state index >= 15 is 0 Å². The SMILES string of the molecule is CCS(=O)(=O)CCOc1cc(F)cc(CNCCOC)c1. The first kappa shape index (κ1) is 17.9. The van der Waals surface area contributed by atoms with Gasteiger partial charge in [-0.3, -0.25) is 0 Å². The molecular formula is C14H22FNO4S. The molecular weight excluding hydrogens is 297 g/mol. The molecule has 0 heterocycles. The molecule has 0 saturated carbocycles. The first-order chi connectivity index (χ1) is 9.96. The fourth-order valence-electron chi connectivity index (χ4n) is 1.64. The van der Waals surface area contributed by atoms with Crippen LogP contribution in [0, 0.1) is 5.82 Å². The maximum Gasteiger partial charge on any atom is 0.153 e.